The van der Waals surface area contributed by atoms with E-state index in [1.54, 1.807) is 0 Å². The summed E-state index contributed by atoms with van der Waals surface area (Å²) in [5, 5.41) is 3.21. The molecule has 0 radical (unpaired) electrons. The van der Waals surface area contributed by atoms with Gasteiger partial charge in [-0.25, -0.2) is 19.9 Å². The molecule has 0 spiro atoms. The molecular weight excluding hydrogens is 514 g/mol. The minimum absolute atomic E-state index is 0.624. The molecule has 0 bridgehead atoms. The van der Waals surface area contributed by atoms with E-state index in [2.05, 4.69) is 60.7 Å². The maximum atomic E-state index is 5.07. The molecule has 8 rings (SSSR count). The summed E-state index contributed by atoms with van der Waals surface area (Å²) in [5.41, 5.74) is 7.71. The molecular formula is C37H23N5. The van der Waals surface area contributed by atoms with Crippen LogP contribution < -0.4 is 0 Å². The Hall–Kier alpha value is -5.81. The third kappa shape index (κ3) is 4.16. The highest BCUT2D eigenvalue weighted by Crippen LogP contribution is 2.38. The van der Waals surface area contributed by atoms with Gasteiger partial charge in [0.2, 0.25) is 0 Å². The maximum Gasteiger partial charge on any atom is 0.164 e. The second kappa shape index (κ2) is 9.98. The van der Waals surface area contributed by atoms with Gasteiger partial charge in [0.25, 0.3) is 0 Å². The van der Waals surface area contributed by atoms with E-state index in [1.165, 1.54) is 0 Å². The lowest BCUT2D eigenvalue weighted by atomic mass is 9.94. The molecule has 0 fully saturated rings. The van der Waals surface area contributed by atoms with Gasteiger partial charge >= 0.3 is 0 Å². The lowest BCUT2D eigenvalue weighted by Crippen LogP contribution is -2.00. The molecule has 0 aliphatic heterocycles. The molecule has 0 amide bonds. The van der Waals surface area contributed by atoms with Crippen molar-refractivity contribution >= 4 is 32.7 Å². The first kappa shape index (κ1) is 24.0. The van der Waals surface area contributed by atoms with Crippen LogP contribution in [0.25, 0.3) is 78.0 Å². The van der Waals surface area contributed by atoms with E-state index >= 15 is 0 Å². The summed E-state index contributed by atoms with van der Waals surface area (Å²) in [5.74, 6) is 1.91. The summed E-state index contributed by atoms with van der Waals surface area (Å²) in [6, 6.07) is 45.1. The van der Waals surface area contributed by atoms with Crippen LogP contribution in [-0.2, 0) is 0 Å². The molecule has 0 aliphatic carbocycles. The Kier molecular flexibility index (Phi) is 5.71. The molecule has 0 N–H and O–H groups in total. The second-order valence-electron chi connectivity index (χ2n) is 10.2. The lowest BCUT2D eigenvalue weighted by Gasteiger charge is -2.14. The van der Waals surface area contributed by atoms with Crippen LogP contribution in [0.1, 0.15) is 0 Å². The molecule has 5 nitrogen and oxygen atoms in total. The molecule has 0 saturated carbocycles. The van der Waals surface area contributed by atoms with E-state index in [0.29, 0.717) is 17.5 Å². The van der Waals surface area contributed by atoms with Crippen molar-refractivity contribution in [2.45, 2.75) is 0 Å². The molecule has 5 heteroatoms. The lowest BCUT2D eigenvalue weighted by molar-refractivity contribution is 1.07. The smallest absolute Gasteiger partial charge is 0.164 e. The zero-order valence-corrected chi connectivity index (χ0v) is 22.5. The Morgan fingerprint density at radius 2 is 1.00 bits per heavy atom. The van der Waals surface area contributed by atoms with Crippen molar-refractivity contribution in [2.75, 3.05) is 0 Å². The highest BCUT2D eigenvalue weighted by atomic mass is 15.0. The second-order valence-corrected chi connectivity index (χ2v) is 10.2. The number of benzene rings is 5. The van der Waals surface area contributed by atoms with Gasteiger partial charge < -0.3 is 0 Å². The molecule has 0 saturated heterocycles. The van der Waals surface area contributed by atoms with Crippen molar-refractivity contribution in [1.82, 2.24) is 24.9 Å². The Balaban J connectivity index is 1.37. The van der Waals surface area contributed by atoms with E-state index < -0.39 is 0 Å². The van der Waals surface area contributed by atoms with Crippen molar-refractivity contribution in [1.29, 1.82) is 0 Å². The van der Waals surface area contributed by atoms with Gasteiger partial charge in [-0.1, -0.05) is 115 Å². The van der Waals surface area contributed by atoms with Crippen LogP contribution in [0.5, 0.6) is 0 Å². The molecule has 42 heavy (non-hydrogen) atoms. The van der Waals surface area contributed by atoms with E-state index in [1.807, 2.05) is 79.0 Å². The molecule has 0 atom stereocenters. The van der Waals surface area contributed by atoms with Crippen LogP contribution in [0, 0.1) is 0 Å². The Morgan fingerprint density at radius 3 is 1.74 bits per heavy atom. The predicted molar refractivity (Wildman–Crippen MR) is 170 cm³/mol. The van der Waals surface area contributed by atoms with Gasteiger partial charge in [0, 0.05) is 44.6 Å². The van der Waals surface area contributed by atoms with Crippen LogP contribution in [0.4, 0.5) is 0 Å². The van der Waals surface area contributed by atoms with Crippen LogP contribution >= 0.6 is 0 Å². The van der Waals surface area contributed by atoms with Gasteiger partial charge in [-0.3, -0.25) is 4.98 Å². The molecule has 3 aromatic heterocycles. The summed E-state index contributed by atoms with van der Waals surface area (Å²) < 4.78 is 0. The molecule has 5 aromatic carbocycles. The monoisotopic (exact) mass is 537 g/mol. The molecule has 0 aliphatic rings. The summed E-state index contributed by atoms with van der Waals surface area (Å²) >= 11 is 0. The zero-order valence-electron chi connectivity index (χ0n) is 22.5. The third-order valence-electron chi connectivity index (χ3n) is 7.53. The first-order chi connectivity index (χ1) is 20.8. The Labute approximate surface area is 242 Å². The van der Waals surface area contributed by atoms with Gasteiger partial charge in [0.15, 0.2) is 17.5 Å². The number of rotatable bonds is 4. The molecule has 196 valence electrons. The standard InChI is InChI=1S/C37H23N5/c1-3-11-25(12-4-1)35-40-36(26-13-5-2-6-14-26)42-37(41-35)28-16-9-15-27(23-28)32-29-18-7-8-19-31(29)39-34-30(32)21-20-24-17-10-22-38-33(24)34/h1-23H. The molecule has 0 unspecified atom stereocenters. The molecule has 8 aromatic rings. The largest absolute Gasteiger partial charge is 0.254 e. The van der Waals surface area contributed by atoms with Gasteiger partial charge in [-0.15, -0.1) is 0 Å². The number of fused-ring (bicyclic) bond motifs is 4. The maximum absolute atomic E-state index is 5.07. The van der Waals surface area contributed by atoms with E-state index in [4.69, 9.17) is 24.9 Å². The van der Waals surface area contributed by atoms with Crippen LogP contribution in [0.15, 0.2) is 140 Å². The number of pyridine rings is 2. The summed E-state index contributed by atoms with van der Waals surface area (Å²) in [6.07, 6.45) is 1.83. The number of nitrogens with zero attached hydrogens (tertiary/aromatic N) is 5. The van der Waals surface area contributed by atoms with Crippen molar-refractivity contribution in [3.05, 3.63) is 140 Å². The fraction of sp³-hybridized carbons (Fsp3) is 0. The average molecular weight is 538 g/mol. The van der Waals surface area contributed by atoms with E-state index in [0.717, 1.165) is 60.5 Å². The predicted octanol–water partition coefficient (Wildman–Crippen LogP) is 8.79. The fourth-order valence-corrected chi connectivity index (χ4v) is 5.56. The fourth-order valence-electron chi connectivity index (χ4n) is 5.56. The normalized spacial score (nSPS) is 11.3. The number of para-hydroxylation sites is 1. The van der Waals surface area contributed by atoms with Crippen LogP contribution in [0.2, 0.25) is 0 Å². The van der Waals surface area contributed by atoms with Gasteiger partial charge in [-0.05, 0) is 23.8 Å². The first-order valence-corrected chi connectivity index (χ1v) is 13.9. The van der Waals surface area contributed by atoms with Gasteiger partial charge in [-0.2, -0.15) is 0 Å². The minimum atomic E-state index is 0.624. The first-order valence-electron chi connectivity index (χ1n) is 13.9. The molecule has 3 heterocycles. The Bertz CT molecular complexity index is 2190. The quantitative estimate of drug-likeness (QED) is 0.166. The van der Waals surface area contributed by atoms with E-state index in [-0.39, 0.29) is 0 Å². The van der Waals surface area contributed by atoms with Crippen LogP contribution in [-0.4, -0.2) is 24.9 Å². The van der Waals surface area contributed by atoms with Gasteiger partial charge in [0.1, 0.15) is 0 Å². The minimum Gasteiger partial charge on any atom is -0.254 e. The number of hydrogen-bond acceptors (Lipinski definition) is 5. The third-order valence-corrected chi connectivity index (χ3v) is 7.53. The van der Waals surface area contributed by atoms with Gasteiger partial charge in [0.05, 0.1) is 16.6 Å². The SMILES string of the molecule is c1ccc(-c2nc(-c3ccccc3)nc(-c3cccc(-c4c5ccccc5nc5c4ccc4cccnc45)c3)n2)cc1. The average Bonchev–Trinajstić information content (AvgIpc) is 3.08. The summed E-state index contributed by atoms with van der Waals surface area (Å²) in [4.78, 5) is 24.5. The number of aromatic nitrogens is 5. The van der Waals surface area contributed by atoms with Crippen LogP contribution in [0.3, 0.4) is 0 Å². The van der Waals surface area contributed by atoms with Crippen molar-refractivity contribution in [3.8, 4) is 45.3 Å². The highest BCUT2D eigenvalue weighted by Gasteiger charge is 2.16. The zero-order chi connectivity index (χ0) is 27.9. The van der Waals surface area contributed by atoms with Crippen molar-refractivity contribution in [3.63, 3.8) is 0 Å². The summed E-state index contributed by atoms with van der Waals surface area (Å²) in [6.45, 7) is 0. The topological polar surface area (TPSA) is 64.5 Å². The van der Waals surface area contributed by atoms with Crippen molar-refractivity contribution < 1.29 is 0 Å². The van der Waals surface area contributed by atoms with E-state index in [9.17, 15) is 0 Å². The summed E-state index contributed by atoms with van der Waals surface area (Å²) in [7, 11) is 0. The Morgan fingerprint density at radius 1 is 0.381 bits per heavy atom. The van der Waals surface area contributed by atoms with Crippen molar-refractivity contribution in [2.24, 2.45) is 0 Å². The number of hydrogen-bond donors (Lipinski definition) is 0. The highest BCUT2D eigenvalue weighted by molar-refractivity contribution is 6.16.